The molecule has 0 N–H and O–H groups in total. The normalized spacial score (nSPS) is 24.9. The van der Waals surface area contributed by atoms with E-state index in [0.717, 1.165) is 0 Å². The molecule has 0 aromatic carbocycles. The smallest absolute Gasteiger partial charge is 0.204 e. The summed E-state index contributed by atoms with van der Waals surface area (Å²) in [5.74, 6) is 0.251. The minimum absolute atomic E-state index is 0.139. The van der Waals surface area contributed by atoms with Gasteiger partial charge in [0.15, 0.2) is 5.75 Å². The van der Waals surface area contributed by atoms with Gasteiger partial charge in [-0.05, 0) is 6.08 Å². The molecule has 6 heteroatoms. The van der Waals surface area contributed by atoms with E-state index in [4.69, 9.17) is 0 Å². The lowest BCUT2D eigenvalue weighted by atomic mass is 10.5. The summed E-state index contributed by atoms with van der Waals surface area (Å²) in [4.78, 5) is 10.1. The quantitative estimate of drug-likeness (QED) is 0.230. The predicted octanol–water partition coefficient (Wildman–Crippen LogP) is -0.286. The Morgan fingerprint density at radius 1 is 1.60 bits per heavy atom. The first-order chi connectivity index (χ1) is 4.72. The Morgan fingerprint density at radius 2 is 2.30 bits per heavy atom. The van der Waals surface area contributed by atoms with Crippen molar-refractivity contribution in [3.05, 3.63) is 22.3 Å². The number of nitrogens with zero attached hydrogens (tertiary/aromatic N) is 2. The van der Waals surface area contributed by atoms with Crippen molar-refractivity contribution in [1.82, 2.24) is 4.41 Å². The van der Waals surface area contributed by atoms with Crippen molar-refractivity contribution in [3.8, 4) is 0 Å². The average Bonchev–Trinajstić information content (AvgIpc) is 1.88. The third kappa shape index (κ3) is 1.39. The second-order valence-electron chi connectivity index (χ2n) is 1.73. The molecule has 0 bridgehead atoms. The van der Waals surface area contributed by atoms with Crippen LogP contribution in [-0.4, -0.2) is 26.3 Å². The van der Waals surface area contributed by atoms with Crippen LogP contribution in [0.4, 0.5) is 0 Å². The maximum atomic E-state index is 10.8. The Hall–Kier alpha value is -0.750. The molecule has 0 aromatic heterocycles. The highest BCUT2D eigenvalue weighted by molar-refractivity contribution is 7.89. The molecule has 0 aromatic rings. The largest absolute Gasteiger partial charge is 0.588 e. The van der Waals surface area contributed by atoms with Gasteiger partial charge in [0.25, 0.3) is 0 Å². The molecule has 1 heterocycles. The second kappa shape index (κ2) is 2.89. The minimum Gasteiger partial charge on any atom is -0.588 e. The van der Waals surface area contributed by atoms with E-state index in [-0.39, 0.29) is 12.3 Å². The molecule has 1 aliphatic heterocycles. The van der Waals surface area contributed by atoms with Gasteiger partial charge in [0.2, 0.25) is 5.03 Å². The molecule has 1 atom stereocenters. The van der Waals surface area contributed by atoms with Crippen LogP contribution in [0.5, 0.6) is 0 Å². The number of hydrogen-bond donors (Lipinski definition) is 0. The third-order valence-corrected chi connectivity index (χ3v) is 2.31. The van der Waals surface area contributed by atoms with Gasteiger partial charge in [-0.25, -0.2) is 10.1 Å². The Kier molecular flexibility index (Phi) is 2.13. The van der Waals surface area contributed by atoms with E-state index in [2.05, 4.69) is 0 Å². The summed E-state index contributed by atoms with van der Waals surface area (Å²) >= 11 is -1.46. The van der Waals surface area contributed by atoms with Gasteiger partial charge < -0.3 is 4.55 Å². The molecule has 1 unspecified atom stereocenters. The molecule has 5 nitrogen and oxygen atoms in total. The Morgan fingerprint density at radius 3 is 2.70 bits per heavy atom. The van der Waals surface area contributed by atoms with E-state index in [9.17, 15) is 14.7 Å². The lowest BCUT2D eigenvalue weighted by Gasteiger charge is -2.16. The fourth-order valence-electron chi connectivity index (χ4n) is 0.625. The van der Waals surface area contributed by atoms with Crippen molar-refractivity contribution >= 4 is 11.4 Å². The fraction of sp³-hybridized carbons (Fsp3) is 0.500. The van der Waals surface area contributed by atoms with Gasteiger partial charge in [-0.2, -0.15) is 0 Å². The van der Waals surface area contributed by atoms with Crippen molar-refractivity contribution in [2.75, 3.05) is 12.3 Å². The van der Waals surface area contributed by atoms with E-state index in [1.807, 2.05) is 0 Å². The number of nitro groups is 1. The lowest BCUT2D eigenvalue weighted by Crippen LogP contribution is -2.39. The van der Waals surface area contributed by atoms with Gasteiger partial charge in [0, 0.05) is 0 Å². The summed E-state index contributed by atoms with van der Waals surface area (Å²) in [6, 6.07) is 0. The highest BCUT2D eigenvalue weighted by Gasteiger charge is 2.28. The summed E-state index contributed by atoms with van der Waals surface area (Å²) in [5, 5.41) is 9.43. The molecule has 1 aliphatic rings. The molecule has 10 heavy (non-hydrogen) atoms. The molecule has 1 rings (SSSR count). The van der Waals surface area contributed by atoms with Crippen molar-refractivity contribution in [1.29, 1.82) is 0 Å². The predicted molar refractivity (Wildman–Crippen MR) is 35.8 cm³/mol. The van der Waals surface area contributed by atoms with Crippen molar-refractivity contribution in [3.63, 3.8) is 0 Å². The van der Waals surface area contributed by atoms with Gasteiger partial charge in [-0.3, -0.25) is 0 Å². The third-order valence-electron chi connectivity index (χ3n) is 1.08. The van der Waals surface area contributed by atoms with Crippen LogP contribution in [0.1, 0.15) is 0 Å². The summed E-state index contributed by atoms with van der Waals surface area (Å²) in [5.41, 5.74) is 0. The molecule has 0 saturated heterocycles. The Labute approximate surface area is 60.8 Å². The van der Waals surface area contributed by atoms with Gasteiger partial charge in [0.1, 0.15) is 17.9 Å². The van der Waals surface area contributed by atoms with E-state index < -0.39 is 16.4 Å². The average molecular weight is 162 g/mol. The number of hydrazine groups is 1. The molecule has 56 valence electrons. The first-order valence-corrected chi connectivity index (χ1v) is 3.94. The van der Waals surface area contributed by atoms with Crippen LogP contribution < -0.4 is 0 Å². The maximum absolute atomic E-state index is 10.8. The van der Waals surface area contributed by atoms with E-state index in [1.54, 1.807) is 12.2 Å². The summed E-state index contributed by atoms with van der Waals surface area (Å²) in [7, 11) is 0. The minimum atomic E-state index is -1.46. The van der Waals surface area contributed by atoms with E-state index in [1.165, 1.54) is 0 Å². The fourth-order valence-corrected chi connectivity index (χ4v) is 1.50. The van der Waals surface area contributed by atoms with Gasteiger partial charge in [-0.1, -0.05) is 6.08 Å². The van der Waals surface area contributed by atoms with Gasteiger partial charge in [0.05, 0.1) is 4.41 Å². The van der Waals surface area contributed by atoms with Crippen molar-refractivity contribution in [2.24, 2.45) is 0 Å². The highest BCUT2D eigenvalue weighted by atomic mass is 32.2. The molecule has 0 saturated carbocycles. The van der Waals surface area contributed by atoms with Crippen LogP contribution in [-0.2, 0) is 11.4 Å². The van der Waals surface area contributed by atoms with Crippen molar-refractivity contribution in [2.45, 2.75) is 0 Å². The zero-order valence-corrected chi connectivity index (χ0v) is 5.91. The van der Waals surface area contributed by atoms with Crippen LogP contribution in [0.3, 0.4) is 0 Å². The summed E-state index contributed by atoms with van der Waals surface area (Å²) in [6.07, 6.45) is 3.31. The van der Waals surface area contributed by atoms with Crippen molar-refractivity contribution < 1.29 is 9.59 Å². The maximum Gasteiger partial charge on any atom is 0.204 e. The standard InChI is InChI=1S/C4H6N2O3S/c7-6(8)5-3-1-2-4-10(5)9/h1-2H,3-4H2. The summed E-state index contributed by atoms with van der Waals surface area (Å²) in [6.45, 7) is 0.139. The van der Waals surface area contributed by atoms with E-state index >= 15 is 0 Å². The molecular weight excluding hydrogens is 156 g/mol. The molecular formula is C4H6N2O3S. The first kappa shape index (κ1) is 7.36. The first-order valence-electron chi connectivity index (χ1n) is 2.67. The summed E-state index contributed by atoms with van der Waals surface area (Å²) < 4.78 is 11.5. The molecule has 0 aliphatic carbocycles. The zero-order chi connectivity index (χ0) is 7.56. The molecule has 0 spiro atoms. The molecule has 0 fully saturated rings. The highest BCUT2D eigenvalue weighted by Crippen LogP contribution is 2.06. The van der Waals surface area contributed by atoms with Gasteiger partial charge in [-0.15, -0.1) is 0 Å². The van der Waals surface area contributed by atoms with Crippen LogP contribution in [0, 0.1) is 10.1 Å². The second-order valence-corrected chi connectivity index (χ2v) is 3.13. The van der Waals surface area contributed by atoms with Gasteiger partial charge >= 0.3 is 0 Å². The number of hydrogen-bond acceptors (Lipinski definition) is 3. The van der Waals surface area contributed by atoms with Crippen LogP contribution >= 0.6 is 0 Å². The monoisotopic (exact) mass is 162 g/mol. The SMILES string of the molecule is O=[N+]([O-])N1CC=CC[S+]1[O-]. The Bertz CT molecular complexity index is 172. The lowest BCUT2D eigenvalue weighted by molar-refractivity contribution is -0.618. The Balaban J connectivity index is 2.59. The van der Waals surface area contributed by atoms with E-state index in [0.29, 0.717) is 4.41 Å². The zero-order valence-electron chi connectivity index (χ0n) is 5.10. The number of rotatable bonds is 1. The molecule has 0 radical (unpaired) electrons. The topological polar surface area (TPSA) is 69.4 Å². The molecule has 0 amide bonds. The van der Waals surface area contributed by atoms with Crippen LogP contribution in [0.25, 0.3) is 0 Å². The van der Waals surface area contributed by atoms with Crippen LogP contribution in [0.15, 0.2) is 12.2 Å². The van der Waals surface area contributed by atoms with Crippen LogP contribution in [0.2, 0.25) is 0 Å².